The van der Waals surface area contributed by atoms with Crippen molar-refractivity contribution in [3.63, 3.8) is 0 Å². The Balaban J connectivity index is 2.11. The first-order valence-electron chi connectivity index (χ1n) is 6.25. The molecule has 0 aliphatic heterocycles. The highest BCUT2D eigenvalue weighted by Crippen LogP contribution is 2.35. The van der Waals surface area contributed by atoms with E-state index in [1.807, 2.05) is 13.1 Å². The fourth-order valence-corrected chi connectivity index (χ4v) is 2.39. The van der Waals surface area contributed by atoms with E-state index < -0.39 is 5.82 Å². The summed E-state index contributed by atoms with van der Waals surface area (Å²) in [6.07, 6.45) is 2.43. The Hall–Kier alpha value is -1.44. The summed E-state index contributed by atoms with van der Waals surface area (Å²) in [5, 5.41) is 8.81. The molecule has 1 aromatic carbocycles. The lowest BCUT2D eigenvalue weighted by Crippen LogP contribution is -2.39. The molecule has 1 fully saturated rings. The van der Waals surface area contributed by atoms with Gasteiger partial charge in [0.1, 0.15) is 11.9 Å². The van der Waals surface area contributed by atoms with Crippen LogP contribution in [0.5, 0.6) is 0 Å². The first-order valence-corrected chi connectivity index (χ1v) is 6.25. The molecule has 1 aliphatic carbocycles. The molecule has 0 spiro atoms. The Morgan fingerprint density at radius 3 is 2.83 bits per heavy atom. The van der Waals surface area contributed by atoms with Gasteiger partial charge >= 0.3 is 0 Å². The highest BCUT2D eigenvalue weighted by Gasteiger charge is 2.32. The van der Waals surface area contributed by atoms with Crippen LogP contribution in [-0.2, 0) is 6.54 Å². The number of hydrogen-bond donors (Lipinski definition) is 1. The second kappa shape index (κ2) is 5.47. The fourth-order valence-electron chi connectivity index (χ4n) is 2.39. The highest BCUT2D eigenvalue weighted by molar-refractivity contribution is 5.34. The Morgan fingerprint density at radius 1 is 1.56 bits per heavy atom. The van der Waals surface area contributed by atoms with E-state index in [-0.39, 0.29) is 5.56 Å². The topological polar surface area (TPSA) is 53.0 Å². The lowest BCUT2D eigenvalue weighted by atomic mass is 10.1. The predicted molar refractivity (Wildman–Crippen MR) is 68.1 cm³/mol. The van der Waals surface area contributed by atoms with Crippen molar-refractivity contribution >= 4 is 0 Å². The van der Waals surface area contributed by atoms with Gasteiger partial charge in [0.05, 0.1) is 5.56 Å². The molecule has 1 aliphatic rings. The van der Waals surface area contributed by atoms with Crippen LogP contribution in [0.2, 0.25) is 0 Å². The third-order valence-corrected chi connectivity index (χ3v) is 3.59. The van der Waals surface area contributed by atoms with E-state index in [1.54, 1.807) is 12.1 Å². The second-order valence-electron chi connectivity index (χ2n) is 4.95. The number of halogens is 1. The van der Waals surface area contributed by atoms with Crippen LogP contribution in [0.15, 0.2) is 18.2 Å². The van der Waals surface area contributed by atoms with Crippen LogP contribution >= 0.6 is 0 Å². The van der Waals surface area contributed by atoms with Gasteiger partial charge in [0.15, 0.2) is 0 Å². The van der Waals surface area contributed by atoms with Crippen molar-refractivity contribution in [3.05, 3.63) is 35.1 Å². The summed E-state index contributed by atoms with van der Waals surface area (Å²) >= 11 is 0. The smallest absolute Gasteiger partial charge is 0.145 e. The minimum absolute atomic E-state index is 0.108. The molecule has 3 nitrogen and oxygen atoms in total. The number of hydrogen-bond acceptors (Lipinski definition) is 3. The molecule has 0 radical (unpaired) electrons. The molecular weight excluding hydrogens is 229 g/mol. The molecular formula is C14H18FN3. The van der Waals surface area contributed by atoms with E-state index >= 15 is 0 Å². The Kier molecular flexibility index (Phi) is 3.95. The van der Waals surface area contributed by atoms with Gasteiger partial charge in [-0.2, -0.15) is 5.26 Å². The number of rotatable bonds is 5. The minimum Gasteiger partial charge on any atom is -0.329 e. The molecule has 0 heterocycles. The molecule has 0 amide bonds. The van der Waals surface area contributed by atoms with Crippen molar-refractivity contribution < 1.29 is 4.39 Å². The summed E-state index contributed by atoms with van der Waals surface area (Å²) in [5.41, 5.74) is 6.45. The molecule has 1 aromatic rings. The maximum atomic E-state index is 13.9. The quantitative estimate of drug-likeness (QED) is 0.864. The summed E-state index contributed by atoms with van der Waals surface area (Å²) in [7, 11) is 1.97. The van der Waals surface area contributed by atoms with Gasteiger partial charge in [-0.25, -0.2) is 4.39 Å². The van der Waals surface area contributed by atoms with Crippen LogP contribution in [0.4, 0.5) is 4.39 Å². The third-order valence-electron chi connectivity index (χ3n) is 3.59. The highest BCUT2D eigenvalue weighted by atomic mass is 19.1. The van der Waals surface area contributed by atoms with Gasteiger partial charge in [0, 0.05) is 24.7 Å². The van der Waals surface area contributed by atoms with Gasteiger partial charge in [-0.3, -0.25) is 4.90 Å². The Morgan fingerprint density at radius 2 is 2.28 bits per heavy atom. The molecule has 1 unspecified atom stereocenters. The monoisotopic (exact) mass is 247 g/mol. The summed E-state index contributed by atoms with van der Waals surface area (Å²) in [6.45, 7) is 1.10. The summed E-state index contributed by atoms with van der Waals surface area (Å²) in [5.74, 6) is 0.251. The predicted octanol–water partition coefficient (Wildman–Crippen LogP) is 1.87. The lowest BCUT2D eigenvalue weighted by Gasteiger charge is -2.27. The first-order chi connectivity index (χ1) is 8.67. The molecule has 96 valence electrons. The zero-order chi connectivity index (χ0) is 13.1. The maximum Gasteiger partial charge on any atom is 0.145 e. The van der Waals surface area contributed by atoms with Gasteiger partial charge in [-0.05, 0) is 31.9 Å². The lowest BCUT2D eigenvalue weighted by molar-refractivity contribution is 0.213. The zero-order valence-corrected chi connectivity index (χ0v) is 10.6. The van der Waals surface area contributed by atoms with Gasteiger partial charge in [0.2, 0.25) is 0 Å². The van der Waals surface area contributed by atoms with Crippen LogP contribution in [0.25, 0.3) is 0 Å². The van der Waals surface area contributed by atoms with Gasteiger partial charge in [-0.15, -0.1) is 0 Å². The third kappa shape index (κ3) is 2.69. The van der Waals surface area contributed by atoms with Crippen LogP contribution < -0.4 is 5.73 Å². The number of nitrogens with two attached hydrogens (primary N) is 1. The first kappa shape index (κ1) is 13.0. The Bertz CT molecular complexity index is 463. The molecule has 4 heteroatoms. The minimum atomic E-state index is -0.404. The van der Waals surface area contributed by atoms with Gasteiger partial charge < -0.3 is 5.73 Å². The molecule has 0 saturated heterocycles. The zero-order valence-electron chi connectivity index (χ0n) is 10.6. The average molecular weight is 247 g/mol. The van der Waals surface area contributed by atoms with Gasteiger partial charge in [0.25, 0.3) is 0 Å². The normalized spacial score (nSPS) is 16.6. The standard InChI is InChI=1S/C14H18FN3/c1-18(13(8-17)10-5-6-10)9-12-4-2-3-11(7-16)14(12)15/h2-4,10,13H,5-6,8-9,17H2,1H3. The van der Waals surface area contributed by atoms with Crippen molar-refractivity contribution in [1.29, 1.82) is 5.26 Å². The van der Waals surface area contributed by atoms with Crippen LogP contribution in [0, 0.1) is 23.1 Å². The summed E-state index contributed by atoms with van der Waals surface area (Å²) in [6, 6.07) is 7.14. The van der Waals surface area contributed by atoms with Crippen molar-refractivity contribution in [2.75, 3.05) is 13.6 Å². The summed E-state index contributed by atoms with van der Waals surface area (Å²) in [4.78, 5) is 2.09. The van der Waals surface area contributed by atoms with Crippen LogP contribution in [0.3, 0.4) is 0 Å². The largest absolute Gasteiger partial charge is 0.329 e. The summed E-state index contributed by atoms with van der Waals surface area (Å²) < 4.78 is 13.9. The second-order valence-corrected chi connectivity index (χ2v) is 4.95. The van der Waals surface area contributed by atoms with Crippen molar-refractivity contribution in [1.82, 2.24) is 4.90 Å². The fraction of sp³-hybridized carbons (Fsp3) is 0.500. The number of nitrogens with zero attached hydrogens (tertiary/aromatic N) is 2. The molecule has 2 rings (SSSR count). The Labute approximate surface area is 107 Å². The van der Waals surface area contributed by atoms with Gasteiger partial charge in [-0.1, -0.05) is 12.1 Å². The molecule has 2 N–H and O–H groups in total. The van der Waals surface area contributed by atoms with E-state index in [2.05, 4.69) is 4.90 Å². The maximum absolute atomic E-state index is 13.9. The van der Waals surface area contributed by atoms with Crippen molar-refractivity contribution in [3.8, 4) is 6.07 Å². The van der Waals surface area contributed by atoms with E-state index in [4.69, 9.17) is 11.0 Å². The number of benzene rings is 1. The average Bonchev–Trinajstić information content (AvgIpc) is 3.17. The van der Waals surface area contributed by atoms with E-state index in [9.17, 15) is 4.39 Å². The van der Waals surface area contributed by atoms with E-state index in [1.165, 1.54) is 18.9 Å². The van der Waals surface area contributed by atoms with Crippen molar-refractivity contribution in [2.24, 2.45) is 11.7 Å². The van der Waals surface area contributed by atoms with Crippen molar-refractivity contribution in [2.45, 2.75) is 25.4 Å². The van der Waals surface area contributed by atoms with Crippen LogP contribution in [-0.4, -0.2) is 24.5 Å². The number of nitriles is 1. The molecule has 0 aromatic heterocycles. The van der Waals surface area contributed by atoms with E-state index in [0.29, 0.717) is 30.6 Å². The SMILES string of the molecule is CN(Cc1cccc(C#N)c1F)C(CN)C1CC1. The molecule has 1 saturated carbocycles. The van der Waals surface area contributed by atoms with E-state index in [0.717, 1.165) is 0 Å². The molecule has 1 atom stereocenters. The number of likely N-dealkylation sites (N-methyl/N-ethyl adjacent to an activating group) is 1. The van der Waals surface area contributed by atoms with Crippen LogP contribution in [0.1, 0.15) is 24.0 Å². The molecule has 0 bridgehead atoms. The molecule has 18 heavy (non-hydrogen) atoms.